The van der Waals surface area contributed by atoms with Gasteiger partial charge in [0.05, 0.1) is 18.8 Å². The van der Waals surface area contributed by atoms with Crippen molar-refractivity contribution in [1.29, 1.82) is 0 Å². The zero-order chi connectivity index (χ0) is 15.9. The number of hydrogen-bond acceptors (Lipinski definition) is 5. The van der Waals surface area contributed by atoms with E-state index in [4.69, 9.17) is 4.74 Å². The van der Waals surface area contributed by atoms with Gasteiger partial charge in [-0.05, 0) is 38.1 Å². The molecule has 24 heavy (non-hydrogen) atoms. The minimum Gasteiger partial charge on any atom is -0.492 e. The minimum atomic E-state index is -0.221. The Hall–Kier alpha value is -2.12. The van der Waals surface area contributed by atoms with E-state index < -0.39 is 0 Å². The van der Waals surface area contributed by atoms with Crippen LogP contribution in [0.2, 0.25) is 0 Å². The largest absolute Gasteiger partial charge is 0.492 e. The molecular weight excluding hydrogens is 330 g/mol. The fourth-order valence-corrected chi connectivity index (χ4v) is 2.57. The van der Waals surface area contributed by atoms with E-state index in [9.17, 15) is 4.79 Å². The summed E-state index contributed by atoms with van der Waals surface area (Å²) in [6.07, 6.45) is 3.74. The van der Waals surface area contributed by atoms with E-state index in [1.807, 2.05) is 30.3 Å². The molecule has 1 aliphatic heterocycles. The predicted molar refractivity (Wildman–Crippen MR) is 92.7 cm³/mol. The van der Waals surface area contributed by atoms with E-state index in [1.54, 1.807) is 10.9 Å². The second-order valence-corrected chi connectivity index (χ2v) is 5.48. The highest BCUT2D eigenvalue weighted by Gasteiger charge is 2.18. The number of carbonyl (C=O) groups is 1. The standard InChI is InChI=1S/C16H21N5O2.ClH/c22-16(18-10-11-23-14-4-2-1-3-5-14)15-12-21(20-19-15)13-6-8-17-9-7-13;/h1-5,12-13,17H,6-11H2,(H,18,22);1H. The molecule has 0 atom stereocenters. The average molecular weight is 352 g/mol. The molecule has 1 saturated heterocycles. The smallest absolute Gasteiger partial charge is 0.273 e. The first-order valence-electron chi connectivity index (χ1n) is 7.91. The first kappa shape index (κ1) is 18.2. The maximum Gasteiger partial charge on any atom is 0.273 e. The summed E-state index contributed by atoms with van der Waals surface area (Å²) in [5, 5.41) is 14.2. The van der Waals surface area contributed by atoms with Gasteiger partial charge in [0.1, 0.15) is 12.4 Å². The SMILES string of the molecule is Cl.O=C(NCCOc1ccccc1)c1cn(C2CCNCC2)nn1. The zero-order valence-corrected chi connectivity index (χ0v) is 14.2. The predicted octanol–water partition coefficient (Wildman–Crippen LogP) is 1.43. The van der Waals surface area contributed by atoms with Crippen LogP contribution in [0.3, 0.4) is 0 Å². The van der Waals surface area contributed by atoms with Crippen LogP contribution < -0.4 is 15.4 Å². The third-order valence-corrected chi connectivity index (χ3v) is 3.83. The van der Waals surface area contributed by atoms with E-state index in [0.717, 1.165) is 31.7 Å². The number of piperidine rings is 1. The highest BCUT2D eigenvalue weighted by Crippen LogP contribution is 2.16. The Morgan fingerprint density at radius 1 is 1.29 bits per heavy atom. The molecule has 0 aliphatic carbocycles. The van der Waals surface area contributed by atoms with Crippen molar-refractivity contribution in [2.45, 2.75) is 18.9 Å². The molecule has 0 unspecified atom stereocenters. The molecule has 1 aromatic heterocycles. The topological polar surface area (TPSA) is 81.1 Å². The first-order chi connectivity index (χ1) is 11.3. The van der Waals surface area contributed by atoms with Crippen LogP contribution in [0, 0.1) is 0 Å². The Balaban J connectivity index is 0.00000208. The number of carbonyl (C=O) groups excluding carboxylic acids is 1. The molecule has 0 bridgehead atoms. The number of nitrogens with one attached hydrogen (secondary N) is 2. The van der Waals surface area contributed by atoms with Gasteiger partial charge in [-0.15, -0.1) is 17.5 Å². The summed E-state index contributed by atoms with van der Waals surface area (Å²) in [4.78, 5) is 12.1. The number of aromatic nitrogens is 3. The lowest BCUT2D eigenvalue weighted by atomic mass is 10.1. The van der Waals surface area contributed by atoms with Crippen LogP contribution in [-0.2, 0) is 0 Å². The van der Waals surface area contributed by atoms with Gasteiger partial charge in [-0.25, -0.2) is 4.68 Å². The molecule has 0 saturated carbocycles. The Labute approximate surface area is 147 Å². The summed E-state index contributed by atoms with van der Waals surface area (Å²) < 4.78 is 7.33. The number of rotatable bonds is 6. The molecule has 7 nitrogen and oxygen atoms in total. The van der Waals surface area contributed by atoms with Crippen molar-refractivity contribution in [2.24, 2.45) is 0 Å². The molecular formula is C16H22ClN5O2. The third-order valence-electron chi connectivity index (χ3n) is 3.83. The molecule has 2 N–H and O–H groups in total. The number of ether oxygens (including phenoxy) is 1. The number of halogens is 1. The number of nitrogens with zero attached hydrogens (tertiary/aromatic N) is 3. The number of hydrogen-bond donors (Lipinski definition) is 2. The fourth-order valence-electron chi connectivity index (χ4n) is 2.57. The average Bonchev–Trinajstić information content (AvgIpc) is 3.10. The summed E-state index contributed by atoms with van der Waals surface area (Å²) in [7, 11) is 0. The van der Waals surface area contributed by atoms with Crippen LogP contribution in [0.5, 0.6) is 5.75 Å². The van der Waals surface area contributed by atoms with Gasteiger partial charge in [0.15, 0.2) is 5.69 Å². The van der Waals surface area contributed by atoms with Gasteiger partial charge >= 0.3 is 0 Å². The van der Waals surface area contributed by atoms with Gasteiger partial charge < -0.3 is 15.4 Å². The van der Waals surface area contributed by atoms with Gasteiger partial charge in [0.2, 0.25) is 0 Å². The Kier molecular flexibility index (Phi) is 7.02. The van der Waals surface area contributed by atoms with E-state index >= 15 is 0 Å². The van der Waals surface area contributed by atoms with Crippen LogP contribution in [0.15, 0.2) is 36.5 Å². The molecule has 0 radical (unpaired) electrons. The van der Waals surface area contributed by atoms with Gasteiger partial charge in [-0.2, -0.15) is 0 Å². The summed E-state index contributed by atoms with van der Waals surface area (Å²) in [6.45, 7) is 2.79. The zero-order valence-electron chi connectivity index (χ0n) is 13.4. The summed E-state index contributed by atoms with van der Waals surface area (Å²) in [5.74, 6) is 0.570. The van der Waals surface area contributed by atoms with Crippen molar-refractivity contribution in [3.05, 3.63) is 42.2 Å². The van der Waals surface area contributed by atoms with E-state index in [2.05, 4.69) is 20.9 Å². The van der Waals surface area contributed by atoms with E-state index in [1.165, 1.54) is 0 Å². The second-order valence-electron chi connectivity index (χ2n) is 5.48. The number of amides is 1. The maximum atomic E-state index is 12.1. The van der Waals surface area contributed by atoms with Crippen LogP contribution in [0.25, 0.3) is 0 Å². The summed E-state index contributed by atoms with van der Waals surface area (Å²) >= 11 is 0. The van der Waals surface area contributed by atoms with Crippen molar-refractivity contribution in [1.82, 2.24) is 25.6 Å². The fraction of sp³-hybridized carbons (Fsp3) is 0.438. The summed E-state index contributed by atoms with van der Waals surface area (Å²) in [5.41, 5.74) is 0.350. The van der Waals surface area contributed by atoms with Crippen LogP contribution >= 0.6 is 12.4 Å². The number of benzene rings is 1. The van der Waals surface area contributed by atoms with E-state index in [-0.39, 0.29) is 18.3 Å². The normalized spacial score (nSPS) is 14.7. The van der Waals surface area contributed by atoms with Crippen LogP contribution in [-0.4, -0.2) is 47.1 Å². The van der Waals surface area contributed by atoms with Crippen molar-refractivity contribution in [3.63, 3.8) is 0 Å². The lowest BCUT2D eigenvalue weighted by Gasteiger charge is -2.22. The van der Waals surface area contributed by atoms with Crippen LogP contribution in [0.1, 0.15) is 29.4 Å². The second kappa shape index (κ2) is 9.24. The number of para-hydroxylation sites is 1. The van der Waals surface area contributed by atoms with Gasteiger partial charge in [-0.3, -0.25) is 4.79 Å². The molecule has 1 aromatic carbocycles. The quantitative estimate of drug-likeness (QED) is 0.769. The van der Waals surface area contributed by atoms with Crippen molar-refractivity contribution >= 4 is 18.3 Å². The molecule has 1 aliphatic rings. The van der Waals surface area contributed by atoms with Crippen molar-refractivity contribution in [2.75, 3.05) is 26.2 Å². The lowest BCUT2D eigenvalue weighted by Crippen LogP contribution is -2.30. The molecule has 3 rings (SSSR count). The molecule has 130 valence electrons. The molecule has 0 spiro atoms. The monoisotopic (exact) mass is 351 g/mol. The van der Waals surface area contributed by atoms with E-state index in [0.29, 0.717) is 24.9 Å². The molecule has 8 heteroatoms. The molecule has 2 heterocycles. The molecule has 1 amide bonds. The van der Waals surface area contributed by atoms with Crippen LogP contribution in [0.4, 0.5) is 0 Å². The van der Waals surface area contributed by atoms with Gasteiger partial charge in [0.25, 0.3) is 5.91 Å². The lowest BCUT2D eigenvalue weighted by molar-refractivity contribution is 0.0942. The Morgan fingerprint density at radius 2 is 2.04 bits per heavy atom. The minimum absolute atomic E-state index is 0. The first-order valence-corrected chi connectivity index (χ1v) is 7.91. The highest BCUT2D eigenvalue weighted by atomic mass is 35.5. The van der Waals surface area contributed by atoms with Crippen molar-refractivity contribution < 1.29 is 9.53 Å². The van der Waals surface area contributed by atoms with Crippen molar-refractivity contribution in [3.8, 4) is 5.75 Å². The highest BCUT2D eigenvalue weighted by molar-refractivity contribution is 5.91. The molecule has 1 fully saturated rings. The maximum absolute atomic E-state index is 12.1. The van der Waals surface area contributed by atoms with Gasteiger partial charge in [-0.1, -0.05) is 23.4 Å². The van der Waals surface area contributed by atoms with Gasteiger partial charge in [0, 0.05) is 0 Å². The molecule has 2 aromatic rings. The third kappa shape index (κ3) is 4.94. The summed E-state index contributed by atoms with van der Waals surface area (Å²) in [6, 6.07) is 9.84. The Morgan fingerprint density at radius 3 is 2.79 bits per heavy atom. The Bertz CT molecular complexity index is 628.